The Morgan fingerprint density at radius 1 is 1.56 bits per heavy atom. The molecule has 16 heavy (non-hydrogen) atoms. The second-order valence-electron chi connectivity index (χ2n) is 4.03. The van der Waals surface area contributed by atoms with Gasteiger partial charge in [0.15, 0.2) is 5.96 Å². The third kappa shape index (κ3) is 1.75. The molecule has 4 heteroatoms. The Hall–Kier alpha value is -1.58. The molecule has 3 nitrogen and oxygen atoms in total. The molecule has 1 unspecified atom stereocenters. The van der Waals surface area contributed by atoms with Gasteiger partial charge in [-0.15, -0.1) is 0 Å². The van der Waals surface area contributed by atoms with Gasteiger partial charge in [-0.3, -0.25) is 4.99 Å². The smallest absolute Gasteiger partial charge is 0.191 e. The molecule has 0 aliphatic carbocycles. The van der Waals surface area contributed by atoms with E-state index in [1.165, 1.54) is 6.07 Å². The number of hydrogen-bond donors (Lipinski definition) is 1. The van der Waals surface area contributed by atoms with Crippen LogP contribution in [-0.2, 0) is 0 Å². The number of hydrogen-bond acceptors (Lipinski definition) is 3. The maximum Gasteiger partial charge on any atom is 0.191 e. The fourth-order valence-electron chi connectivity index (χ4n) is 2.10. The number of aryl methyl sites for hydroxylation is 1. The zero-order valence-corrected chi connectivity index (χ0v) is 9.57. The Kier molecular flexibility index (Phi) is 2.81. The minimum Gasteiger partial charge on any atom is -0.370 e. The van der Waals surface area contributed by atoms with Crippen LogP contribution in [0.3, 0.4) is 0 Å². The molecule has 1 aromatic rings. The van der Waals surface area contributed by atoms with Crippen molar-refractivity contribution in [3.05, 3.63) is 35.1 Å². The van der Waals surface area contributed by atoms with Crippen LogP contribution in [0, 0.1) is 12.7 Å². The largest absolute Gasteiger partial charge is 0.370 e. The molecule has 0 saturated heterocycles. The van der Waals surface area contributed by atoms with Crippen molar-refractivity contribution in [1.29, 1.82) is 0 Å². The van der Waals surface area contributed by atoms with E-state index in [1.807, 2.05) is 24.8 Å². The van der Waals surface area contributed by atoms with Gasteiger partial charge in [0.25, 0.3) is 0 Å². The lowest BCUT2D eigenvalue weighted by atomic mass is 10.0. The van der Waals surface area contributed by atoms with Crippen molar-refractivity contribution in [2.45, 2.75) is 19.9 Å². The minimum atomic E-state index is -0.182. The first-order valence-corrected chi connectivity index (χ1v) is 5.46. The van der Waals surface area contributed by atoms with Crippen LogP contribution in [0.1, 0.15) is 24.1 Å². The average Bonchev–Trinajstić information content (AvgIpc) is 2.63. The number of nitrogens with zero attached hydrogens (tertiary/aromatic N) is 2. The van der Waals surface area contributed by atoms with Crippen LogP contribution in [0.5, 0.6) is 0 Å². The van der Waals surface area contributed by atoms with Crippen LogP contribution in [0.2, 0.25) is 0 Å². The van der Waals surface area contributed by atoms with Gasteiger partial charge in [-0.05, 0) is 19.9 Å². The van der Waals surface area contributed by atoms with Crippen molar-refractivity contribution in [3.63, 3.8) is 0 Å². The minimum absolute atomic E-state index is 0.0510. The second-order valence-corrected chi connectivity index (χ2v) is 4.03. The third-order valence-electron chi connectivity index (χ3n) is 2.95. The number of likely N-dealkylation sites (N-methyl/N-ethyl adjacent to an activating group) is 1. The predicted octanol–water partition coefficient (Wildman–Crippen LogP) is 1.83. The highest BCUT2D eigenvalue weighted by Crippen LogP contribution is 2.27. The van der Waals surface area contributed by atoms with Gasteiger partial charge >= 0.3 is 0 Å². The summed E-state index contributed by atoms with van der Waals surface area (Å²) in [6.45, 7) is 5.24. The number of benzene rings is 1. The Morgan fingerprint density at radius 2 is 2.31 bits per heavy atom. The van der Waals surface area contributed by atoms with E-state index in [0.717, 1.165) is 12.1 Å². The number of halogens is 1. The lowest BCUT2D eigenvalue weighted by molar-refractivity contribution is 0.354. The Labute approximate surface area is 94.8 Å². The van der Waals surface area contributed by atoms with Crippen LogP contribution < -0.4 is 5.73 Å². The summed E-state index contributed by atoms with van der Waals surface area (Å²) in [4.78, 5) is 6.10. The van der Waals surface area contributed by atoms with E-state index < -0.39 is 0 Å². The van der Waals surface area contributed by atoms with Crippen molar-refractivity contribution in [1.82, 2.24) is 4.90 Å². The molecular formula is C12H16FN3. The predicted molar refractivity (Wildman–Crippen MR) is 62.7 cm³/mol. The van der Waals surface area contributed by atoms with Gasteiger partial charge < -0.3 is 10.6 Å². The van der Waals surface area contributed by atoms with Gasteiger partial charge in [-0.25, -0.2) is 4.39 Å². The Bertz CT molecular complexity index is 428. The van der Waals surface area contributed by atoms with Crippen LogP contribution in [0.15, 0.2) is 23.2 Å². The highest BCUT2D eigenvalue weighted by molar-refractivity contribution is 5.80. The summed E-state index contributed by atoms with van der Waals surface area (Å²) in [5, 5.41) is 0. The summed E-state index contributed by atoms with van der Waals surface area (Å²) in [5.74, 6) is 0.326. The maximum atomic E-state index is 13.7. The van der Waals surface area contributed by atoms with Gasteiger partial charge in [0.1, 0.15) is 5.82 Å². The number of nitrogens with two attached hydrogens (primary N) is 1. The first kappa shape index (κ1) is 10.9. The molecule has 1 atom stereocenters. The number of rotatable bonds is 2. The number of aliphatic imine (C=N–C) groups is 1. The summed E-state index contributed by atoms with van der Waals surface area (Å²) < 4.78 is 13.7. The summed E-state index contributed by atoms with van der Waals surface area (Å²) >= 11 is 0. The van der Waals surface area contributed by atoms with Crippen molar-refractivity contribution < 1.29 is 4.39 Å². The van der Waals surface area contributed by atoms with Crippen LogP contribution in [0.25, 0.3) is 0 Å². The van der Waals surface area contributed by atoms with Crippen molar-refractivity contribution in [2.24, 2.45) is 10.7 Å². The lowest BCUT2D eigenvalue weighted by Gasteiger charge is -2.25. The topological polar surface area (TPSA) is 41.6 Å². The molecule has 1 aliphatic heterocycles. The van der Waals surface area contributed by atoms with E-state index in [4.69, 9.17) is 5.73 Å². The zero-order valence-electron chi connectivity index (χ0n) is 9.57. The summed E-state index contributed by atoms with van der Waals surface area (Å²) in [6.07, 6.45) is 0. The van der Waals surface area contributed by atoms with Gasteiger partial charge in [0.2, 0.25) is 0 Å². The van der Waals surface area contributed by atoms with Gasteiger partial charge in [-0.1, -0.05) is 17.7 Å². The molecule has 0 amide bonds. The van der Waals surface area contributed by atoms with Gasteiger partial charge in [0.05, 0.1) is 12.6 Å². The first-order chi connectivity index (χ1) is 7.63. The third-order valence-corrected chi connectivity index (χ3v) is 2.95. The Morgan fingerprint density at radius 3 is 3.00 bits per heavy atom. The van der Waals surface area contributed by atoms with Crippen molar-refractivity contribution in [3.8, 4) is 0 Å². The molecule has 1 heterocycles. The van der Waals surface area contributed by atoms with Gasteiger partial charge in [-0.2, -0.15) is 0 Å². The molecule has 0 spiro atoms. The highest BCUT2D eigenvalue weighted by Gasteiger charge is 2.28. The SMILES string of the molecule is CCN1C(N)=NCC1c1cc(C)ccc1F. The van der Waals surface area contributed by atoms with Crippen molar-refractivity contribution in [2.75, 3.05) is 13.1 Å². The quantitative estimate of drug-likeness (QED) is 0.827. The highest BCUT2D eigenvalue weighted by atomic mass is 19.1. The molecule has 0 radical (unpaired) electrons. The fourth-order valence-corrected chi connectivity index (χ4v) is 2.10. The van der Waals surface area contributed by atoms with E-state index in [1.54, 1.807) is 6.07 Å². The first-order valence-electron chi connectivity index (χ1n) is 5.46. The van der Waals surface area contributed by atoms with E-state index in [2.05, 4.69) is 4.99 Å². The molecule has 2 rings (SSSR count). The standard InChI is InChI=1S/C12H16FN3/c1-3-16-11(7-15-12(16)14)9-6-8(2)4-5-10(9)13/h4-6,11H,3,7H2,1-2H3,(H2,14,15). The molecule has 1 aromatic carbocycles. The Balaban J connectivity index is 2.35. The zero-order chi connectivity index (χ0) is 11.7. The average molecular weight is 221 g/mol. The maximum absolute atomic E-state index is 13.7. The van der Waals surface area contributed by atoms with Crippen LogP contribution in [-0.4, -0.2) is 23.9 Å². The normalized spacial score (nSPS) is 20.1. The van der Waals surface area contributed by atoms with Crippen molar-refractivity contribution >= 4 is 5.96 Å². The van der Waals surface area contributed by atoms with Crippen LogP contribution >= 0.6 is 0 Å². The fraction of sp³-hybridized carbons (Fsp3) is 0.417. The van der Waals surface area contributed by atoms with E-state index in [-0.39, 0.29) is 11.9 Å². The molecule has 0 bridgehead atoms. The summed E-state index contributed by atoms with van der Waals surface area (Å²) in [6, 6.07) is 5.10. The number of guanidine groups is 1. The second kappa shape index (κ2) is 4.12. The molecule has 2 N–H and O–H groups in total. The van der Waals surface area contributed by atoms with E-state index >= 15 is 0 Å². The molecular weight excluding hydrogens is 205 g/mol. The van der Waals surface area contributed by atoms with Gasteiger partial charge in [0, 0.05) is 12.1 Å². The van der Waals surface area contributed by atoms with E-state index in [9.17, 15) is 4.39 Å². The molecule has 86 valence electrons. The van der Waals surface area contributed by atoms with E-state index in [0.29, 0.717) is 18.1 Å². The van der Waals surface area contributed by atoms with Crippen LogP contribution in [0.4, 0.5) is 4.39 Å². The molecule has 0 fully saturated rings. The summed E-state index contributed by atoms with van der Waals surface area (Å²) in [7, 11) is 0. The monoisotopic (exact) mass is 221 g/mol. The molecule has 1 aliphatic rings. The summed E-state index contributed by atoms with van der Waals surface area (Å²) in [5.41, 5.74) is 7.50. The lowest BCUT2D eigenvalue weighted by Crippen LogP contribution is -2.36. The molecule has 0 aromatic heterocycles. The molecule has 0 saturated carbocycles.